The molecule has 1 aliphatic rings. The van der Waals surface area contributed by atoms with E-state index < -0.39 is 10.0 Å². The molecule has 0 saturated heterocycles. The van der Waals surface area contributed by atoms with Crippen molar-refractivity contribution in [2.24, 2.45) is 5.92 Å². The highest BCUT2D eigenvalue weighted by Crippen LogP contribution is 2.36. The minimum atomic E-state index is -3.60. The minimum Gasteiger partial charge on any atom is -0.208 e. The second kappa shape index (κ2) is 5.49. The van der Waals surface area contributed by atoms with Gasteiger partial charge < -0.3 is 0 Å². The second-order valence-electron chi connectivity index (χ2n) is 4.77. The fraction of sp³-hybridized carbons (Fsp3) is 0.462. The molecule has 1 fully saturated rings. The standard InChI is InChI=1S/C13H15ClN2O2S/c1-2-3-10-7-12(10)16-19(17,18)13-5-4-9(8-15)6-11(13)14/h4-6,10,12,16H,2-3,7H2,1H3. The number of hydrogen-bond donors (Lipinski definition) is 1. The van der Waals surface area contributed by atoms with E-state index in [-0.39, 0.29) is 16.0 Å². The van der Waals surface area contributed by atoms with Gasteiger partial charge in [0.1, 0.15) is 4.90 Å². The van der Waals surface area contributed by atoms with Crippen molar-refractivity contribution in [1.82, 2.24) is 4.72 Å². The Morgan fingerprint density at radius 3 is 2.84 bits per heavy atom. The summed E-state index contributed by atoms with van der Waals surface area (Å²) in [5, 5.41) is 8.81. The quantitative estimate of drug-likeness (QED) is 0.908. The average molecular weight is 299 g/mol. The van der Waals surface area contributed by atoms with Gasteiger partial charge in [0.05, 0.1) is 16.7 Å². The van der Waals surface area contributed by atoms with Crippen molar-refractivity contribution in [3.05, 3.63) is 28.8 Å². The van der Waals surface area contributed by atoms with E-state index in [0.29, 0.717) is 11.5 Å². The lowest BCUT2D eigenvalue weighted by Crippen LogP contribution is -2.27. The Hall–Kier alpha value is -1.09. The Bertz CT molecular complexity index is 622. The van der Waals surface area contributed by atoms with Crippen molar-refractivity contribution >= 4 is 21.6 Å². The number of sulfonamides is 1. The predicted molar refractivity (Wildman–Crippen MR) is 73.3 cm³/mol. The molecule has 2 unspecified atom stereocenters. The molecular formula is C13H15ClN2O2S. The van der Waals surface area contributed by atoms with Crippen LogP contribution in [0.3, 0.4) is 0 Å². The van der Waals surface area contributed by atoms with Gasteiger partial charge in [-0.05, 0) is 37.0 Å². The van der Waals surface area contributed by atoms with Gasteiger partial charge in [-0.3, -0.25) is 0 Å². The molecular weight excluding hydrogens is 284 g/mol. The first-order chi connectivity index (χ1) is 8.97. The van der Waals surface area contributed by atoms with E-state index in [1.54, 1.807) is 0 Å². The van der Waals surface area contributed by atoms with Crippen molar-refractivity contribution in [3.8, 4) is 6.07 Å². The van der Waals surface area contributed by atoms with Gasteiger partial charge in [-0.2, -0.15) is 5.26 Å². The molecule has 1 N–H and O–H groups in total. The Balaban J connectivity index is 2.15. The maximum atomic E-state index is 12.2. The van der Waals surface area contributed by atoms with Crippen LogP contribution in [-0.2, 0) is 10.0 Å². The third-order valence-electron chi connectivity index (χ3n) is 3.24. The van der Waals surface area contributed by atoms with E-state index in [0.717, 1.165) is 19.3 Å². The summed E-state index contributed by atoms with van der Waals surface area (Å²) in [7, 11) is -3.60. The maximum Gasteiger partial charge on any atom is 0.242 e. The number of rotatable bonds is 5. The zero-order valence-electron chi connectivity index (χ0n) is 10.6. The van der Waals surface area contributed by atoms with Crippen LogP contribution in [0.5, 0.6) is 0 Å². The van der Waals surface area contributed by atoms with Crippen LogP contribution in [0.15, 0.2) is 23.1 Å². The van der Waals surface area contributed by atoms with E-state index in [2.05, 4.69) is 11.6 Å². The summed E-state index contributed by atoms with van der Waals surface area (Å²) in [5.74, 6) is 0.442. The number of halogens is 1. The molecule has 4 nitrogen and oxygen atoms in total. The first kappa shape index (κ1) is 14.3. The van der Waals surface area contributed by atoms with Gasteiger partial charge in [0.15, 0.2) is 0 Å². The lowest BCUT2D eigenvalue weighted by Gasteiger charge is -2.08. The second-order valence-corrected chi connectivity index (χ2v) is 6.86. The predicted octanol–water partition coefficient (Wildman–Crippen LogP) is 2.68. The van der Waals surface area contributed by atoms with Gasteiger partial charge in [0, 0.05) is 6.04 Å². The Labute approximate surface area is 118 Å². The first-order valence-electron chi connectivity index (χ1n) is 6.20. The van der Waals surface area contributed by atoms with Gasteiger partial charge in [-0.25, -0.2) is 13.1 Å². The van der Waals surface area contributed by atoms with Crippen molar-refractivity contribution < 1.29 is 8.42 Å². The first-order valence-corrected chi connectivity index (χ1v) is 8.06. The van der Waals surface area contributed by atoms with E-state index in [9.17, 15) is 8.42 Å². The van der Waals surface area contributed by atoms with E-state index in [1.165, 1.54) is 18.2 Å². The zero-order chi connectivity index (χ0) is 14.0. The topological polar surface area (TPSA) is 70.0 Å². The van der Waals surface area contributed by atoms with Gasteiger partial charge >= 0.3 is 0 Å². The SMILES string of the molecule is CCCC1CC1NS(=O)(=O)c1ccc(C#N)cc1Cl. The lowest BCUT2D eigenvalue weighted by molar-refractivity contribution is 0.573. The summed E-state index contributed by atoms with van der Waals surface area (Å²) in [6.07, 6.45) is 2.98. The number of nitriles is 1. The fourth-order valence-corrected chi connectivity index (χ4v) is 4.00. The van der Waals surface area contributed by atoms with Crippen molar-refractivity contribution in [2.75, 3.05) is 0 Å². The van der Waals surface area contributed by atoms with Crippen LogP contribution >= 0.6 is 11.6 Å². The molecule has 1 aliphatic carbocycles. The molecule has 0 spiro atoms. The number of hydrogen-bond acceptors (Lipinski definition) is 3. The largest absolute Gasteiger partial charge is 0.242 e. The molecule has 2 rings (SSSR count). The average Bonchev–Trinajstić information content (AvgIpc) is 3.06. The molecule has 2 atom stereocenters. The number of nitrogens with one attached hydrogen (secondary N) is 1. The smallest absolute Gasteiger partial charge is 0.208 e. The van der Waals surface area contributed by atoms with Crippen molar-refractivity contribution in [1.29, 1.82) is 5.26 Å². The van der Waals surface area contributed by atoms with Gasteiger partial charge in [-0.15, -0.1) is 0 Å². The fourth-order valence-electron chi connectivity index (χ4n) is 2.13. The monoisotopic (exact) mass is 298 g/mol. The normalized spacial score (nSPS) is 21.9. The van der Waals surface area contributed by atoms with E-state index >= 15 is 0 Å². The van der Waals surface area contributed by atoms with Crippen LogP contribution in [0, 0.1) is 17.2 Å². The van der Waals surface area contributed by atoms with E-state index in [4.69, 9.17) is 16.9 Å². The highest BCUT2D eigenvalue weighted by Gasteiger charge is 2.39. The highest BCUT2D eigenvalue weighted by molar-refractivity contribution is 7.89. The zero-order valence-corrected chi connectivity index (χ0v) is 12.1. The maximum absolute atomic E-state index is 12.2. The Kier molecular flexibility index (Phi) is 4.14. The summed E-state index contributed by atoms with van der Waals surface area (Å²) in [4.78, 5) is 0.0373. The number of benzene rings is 1. The van der Waals surface area contributed by atoms with Gasteiger partial charge in [0.25, 0.3) is 0 Å². The molecule has 0 radical (unpaired) electrons. The summed E-state index contributed by atoms with van der Waals surface area (Å²) in [5.41, 5.74) is 0.347. The molecule has 1 aromatic carbocycles. The Morgan fingerprint density at radius 2 is 2.26 bits per heavy atom. The summed E-state index contributed by atoms with van der Waals surface area (Å²) in [6, 6.07) is 6.15. The van der Waals surface area contributed by atoms with Gasteiger partial charge in [-0.1, -0.05) is 24.9 Å². The number of nitrogens with zero attached hydrogens (tertiary/aromatic N) is 1. The van der Waals surface area contributed by atoms with Crippen molar-refractivity contribution in [3.63, 3.8) is 0 Å². The third-order valence-corrected chi connectivity index (χ3v) is 5.21. The molecule has 0 amide bonds. The summed E-state index contributed by atoms with van der Waals surface area (Å²) < 4.78 is 27.0. The van der Waals surface area contributed by atoms with Crippen LogP contribution in [0.4, 0.5) is 0 Å². The van der Waals surface area contributed by atoms with Crippen LogP contribution in [0.1, 0.15) is 31.7 Å². The van der Waals surface area contributed by atoms with Crippen LogP contribution in [-0.4, -0.2) is 14.5 Å². The molecule has 19 heavy (non-hydrogen) atoms. The molecule has 1 aromatic rings. The van der Waals surface area contributed by atoms with Crippen LogP contribution in [0.2, 0.25) is 5.02 Å². The molecule has 1 saturated carbocycles. The lowest BCUT2D eigenvalue weighted by atomic mass is 10.2. The molecule has 6 heteroatoms. The highest BCUT2D eigenvalue weighted by atomic mass is 35.5. The molecule has 0 heterocycles. The van der Waals surface area contributed by atoms with Crippen LogP contribution in [0.25, 0.3) is 0 Å². The molecule has 102 valence electrons. The third kappa shape index (κ3) is 3.27. The van der Waals surface area contributed by atoms with Crippen LogP contribution < -0.4 is 4.72 Å². The van der Waals surface area contributed by atoms with E-state index in [1.807, 2.05) is 6.07 Å². The molecule has 0 aliphatic heterocycles. The summed E-state index contributed by atoms with van der Waals surface area (Å²) in [6.45, 7) is 2.08. The minimum absolute atomic E-state index is 0.0247. The molecule has 0 aromatic heterocycles. The molecule has 0 bridgehead atoms. The Morgan fingerprint density at radius 1 is 1.53 bits per heavy atom. The van der Waals surface area contributed by atoms with Gasteiger partial charge in [0.2, 0.25) is 10.0 Å². The summed E-state index contributed by atoms with van der Waals surface area (Å²) >= 11 is 5.92. The van der Waals surface area contributed by atoms with Crippen molar-refractivity contribution in [2.45, 2.75) is 37.1 Å².